The van der Waals surface area contributed by atoms with Gasteiger partial charge in [-0.05, 0) is 43.3 Å². The normalized spacial score (nSPS) is 13.6. The molecule has 36 heavy (non-hydrogen) atoms. The number of benzene rings is 3. The van der Waals surface area contributed by atoms with Crippen LogP contribution in [0.5, 0.6) is 5.75 Å². The molecule has 2 amide bonds. The maximum atomic E-state index is 13.5. The Balaban J connectivity index is 1.39. The summed E-state index contributed by atoms with van der Waals surface area (Å²) in [5, 5.41) is 0.381. The minimum Gasteiger partial charge on any atom is -0.497 e. The van der Waals surface area contributed by atoms with Gasteiger partial charge in [0.05, 0.1) is 18.1 Å². The summed E-state index contributed by atoms with van der Waals surface area (Å²) < 4.78 is 11.4. The SMILES string of the molecule is COc1ccc(C(=O)N2CCN(C(=O)c3cccc4c(=O)c(C)c(-c5ccccc5)oc34)CC2)cc1. The Morgan fingerprint density at radius 1 is 0.806 bits per heavy atom. The van der Waals surface area contributed by atoms with Crippen molar-refractivity contribution in [2.45, 2.75) is 6.92 Å². The lowest BCUT2D eigenvalue weighted by Gasteiger charge is -2.35. The lowest BCUT2D eigenvalue weighted by molar-refractivity contribution is 0.0536. The highest BCUT2D eigenvalue weighted by Crippen LogP contribution is 2.28. The van der Waals surface area contributed by atoms with Crippen LogP contribution in [0.4, 0.5) is 0 Å². The molecule has 0 N–H and O–H groups in total. The van der Waals surface area contributed by atoms with Gasteiger partial charge in [-0.3, -0.25) is 14.4 Å². The fourth-order valence-corrected chi connectivity index (χ4v) is 4.54. The van der Waals surface area contributed by atoms with Crippen LogP contribution in [0.25, 0.3) is 22.3 Å². The third-order valence-electron chi connectivity index (χ3n) is 6.60. The lowest BCUT2D eigenvalue weighted by Crippen LogP contribution is -2.50. The Labute approximate surface area is 208 Å². The van der Waals surface area contributed by atoms with E-state index >= 15 is 0 Å². The molecule has 1 aliphatic heterocycles. The van der Waals surface area contributed by atoms with E-state index in [1.54, 1.807) is 66.3 Å². The molecule has 3 aromatic carbocycles. The Kier molecular flexibility index (Phi) is 6.29. The number of amides is 2. The molecule has 0 saturated carbocycles. The largest absolute Gasteiger partial charge is 0.497 e. The zero-order valence-corrected chi connectivity index (χ0v) is 20.2. The second-order valence-electron chi connectivity index (χ2n) is 8.75. The van der Waals surface area contributed by atoms with E-state index in [2.05, 4.69) is 0 Å². The number of carbonyl (C=O) groups excluding carboxylic acids is 2. The van der Waals surface area contributed by atoms with Gasteiger partial charge in [-0.1, -0.05) is 36.4 Å². The van der Waals surface area contributed by atoms with Crippen molar-refractivity contribution in [3.05, 3.63) is 99.7 Å². The summed E-state index contributed by atoms with van der Waals surface area (Å²) in [4.78, 5) is 43.0. The van der Waals surface area contributed by atoms with E-state index in [4.69, 9.17) is 9.15 Å². The van der Waals surface area contributed by atoms with Gasteiger partial charge in [-0.15, -0.1) is 0 Å². The molecule has 1 aliphatic rings. The van der Waals surface area contributed by atoms with Crippen LogP contribution in [-0.4, -0.2) is 54.9 Å². The Hall–Kier alpha value is -4.39. The number of fused-ring (bicyclic) bond motifs is 1. The van der Waals surface area contributed by atoms with E-state index in [9.17, 15) is 14.4 Å². The number of carbonyl (C=O) groups is 2. The van der Waals surface area contributed by atoms with E-state index in [0.717, 1.165) is 5.56 Å². The highest BCUT2D eigenvalue weighted by molar-refractivity contribution is 6.05. The molecule has 0 atom stereocenters. The maximum Gasteiger partial charge on any atom is 0.257 e. The number of nitrogens with zero attached hydrogens (tertiary/aromatic N) is 2. The lowest BCUT2D eigenvalue weighted by atomic mass is 10.0. The van der Waals surface area contributed by atoms with Crippen molar-refractivity contribution < 1.29 is 18.7 Å². The molecule has 0 spiro atoms. The standard InChI is InChI=1S/C29H26N2O5/c1-19-25(32)23-9-6-10-24(27(23)36-26(19)20-7-4-3-5-8-20)29(34)31-17-15-30(16-18-31)28(33)21-11-13-22(35-2)14-12-21/h3-14H,15-18H2,1-2H3. The number of para-hydroxylation sites is 1. The van der Waals surface area contributed by atoms with E-state index in [1.807, 2.05) is 30.3 Å². The molecule has 7 heteroatoms. The van der Waals surface area contributed by atoms with Gasteiger partial charge >= 0.3 is 0 Å². The fraction of sp³-hybridized carbons (Fsp3) is 0.207. The van der Waals surface area contributed by atoms with Gasteiger partial charge in [0.25, 0.3) is 11.8 Å². The maximum absolute atomic E-state index is 13.5. The van der Waals surface area contributed by atoms with Crippen molar-refractivity contribution in [1.82, 2.24) is 9.80 Å². The molecule has 0 unspecified atom stereocenters. The molecule has 182 valence electrons. The number of piperazine rings is 1. The van der Waals surface area contributed by atoms with Crippen LogP contribution in [-0.2, 0) is 0 Å². The van der Waals surface area contributed by atoms with Crippen LogP contribution in [0.15, 0.2) is 82.0 Å². The summed E-state index contributed by atoms with van der Waals surface area (Å²) in [5.41, 5.74) is 2.34. The van der Waals surface area contributed by atoms with Crippen LogP contribution in [0, 0.1) is 6.92 Å². The quantitative estimate of drug-likeness (QED) is 0.431. The third kappa shape index (κ3) is 4.24. The number of methoxy groups -OCH3 is 1. The minimum atomic E-state index is -0.219. The molecule has 0 aliphatic carbocycles. The average molecular weight is 483 g/mol. The predicted octanol–water partition coefficient (Wildman–Crippen LogP) is 4.38. The molecule has 5 rings (SSSR count). The van der Waals surface area contributed by atoms with Gasteiger partial charge in [0.2, 0.25) is 0 Å². The first-order valence-corrected chi connectivity index (χ1v) is 11.8. The van der Waals surface area contributed by atoms with Crippen molar-refractivity contribution in [1.29, 1.82) is 0 Å². The van der Waals surface area contributed by atoms with Crippen LogP contribution in [0.3, 0.4) is 0 Å². The second-order valence-corrected chi connectivity index (χ2v) is 8.75. The van der Waals surface area contributed by atoms with E-state index < -0.39 is 0 Å². The van der Waals surface area contributed by atoms with Gasteiger partial charge in [0.15, 0.2) is 11.0 Å². The molecule has 0 radical (unpaired) electrons. The average Bonchev–Trinajstić information content (AvgIpc) is 2.94. The van der Waals surface area contributed by atoms with Crippen LogP contribution < -0.4 is 10.2 Å². The van der Waals surface area contributed by atoms with Crippen molar-refractivity contribution in [2.75, 3.05) is 33.3 Å². The molecule has 2 heterocycles. The van der Waals surface area contributed by atoms with Crippen LogP contribution in [0.1, 0.15) is 26.3 Å². The zero-order chi connectivity index (χ0) is 25.2. The Bertz CT molecular complexity index is 1480. The first-order chi connectivity index (χ1) is 17.5. The van der Waals surface area contributed by atoms with E-state index in [0.29, 0.717) is 59.8 Å². The monoisotopic (exact) mass is 482 g/mol. The van der Waals surface area contributed by atoms with Gasteiger partial charge in [0.1, 0.15) is 11.5 Å². The summed E-state index contributed by atoms with van der Waals surface area (Å²) in [6.45, 7) is 3.35. The third-order valence-corrected chi connectivity index (χ3v) is 6.60. The summed E-state index contributed by atoms with van der Waals surface area (Å²) in [7, 11) is 1.58. The highest BCUT2D eigenvalue weighted by Gasteiger charge is 2.27. The number of hydrogen-bond donors (Lipinski definition) is 0. The molecular formula is C29H26N2O5. The minimum absolute atomic E-state index is 0.0797. The number of rotatable bonds is 4. The molecule has 0 bridgehead atoms. The van der Waals surface area contributed by atoms with Gasteiger partial charge in [0, 0.05) is 42.9 Å². The van der Waals surface area contributed by atoms with Crippen molar-refractivity contribution in [2.24, 2.45) is 0 Å². The molecule has 1 fully saturated rings. The van der Waals surface area contributed by atoms with Gasteiger partial charge in [-0.25, -0.2) is 0 Å². The predicted molar refractivity (Wildman–Crippen MR) is 137 cm³/mol. The summed E-state index contributed by atoms with van der Waals surface area (Å²) in [5.74, 6) is 0.852. The molecule has 7 nitrogen and oxygen atoms in total. The Morgan fingerprint density at radius 3 is 2.08 bits per heavy atom. The summed E-state index contributed by atoms with van der Waals surface area (Å²) in [6.07, 6.45) is 0. The zero-order valence-electron chi connectivity index (χ0n) is 20.2. The van der Waals surface area contributed by atoms with Gasteiger partial charge < -0.3 is 19.0 Å². The first kappa shape index (κ1) is 23.4. The van der Waals surface area contributed by atoms with Gasteiger partial charge in [-0.2, -0.15) is 0 Å². The topological polar surface area (TPSA) is 80.1 Å². The van der Waals surface area contributed by atoms with Crippen LogP contribution >= 0.6 is 0 Å². The molecular weight excluding hydrogens is 456 g/mol. The van der Waals surface area contributed by atoms with Crippen molar-refractivity contribution in [3.8, 4) is 17.1 Å². The second kappa shape index (κ2) is 9.70. The molecule has 4 aromatic rings. The van der Waals surface area contributed by atoms with Crippen molar-refractivity contribution >= 4 is 22.8 Å². The van der Waals surface area contributed by atoms with Crippen molar-refractivity contribution in [3.63, 3.8) is 0 Å². The summed E-state index contributed by atoms with van der Waals surface area (Å²) in [6, 6.07) is 21.5. The number of hydrogen-bond acceptors (Lipinski definition) is 5. The summed E-state index contributed by atoms with van der Waals surface area (Å²) >= 11 is 0. The first-order valence-electron chi connectivity index (χ1n) is 11.8. The molecule has 1 saturated heterocycles. The highest BCUT2D eigenvalue weighted by atomic mass is 16.5. The van der Waals surface area contributed by atoms with Crippen LogP contribution in [0.2, 0.25) is 0 Å². The smallest absolute Gasteiger partial charge is 0.257 e. The van der Waals surface area contributed by atoms with E-state index in [1.165, 1.54) is 0 Å². The molecule has 1 aromatic heterocycles. The van der Waals surface area contributed by atoms with E-state index in [-0.39, 0.29) is 22.8 Å². The fourth-order valence-electron chi connectivity index (χ4n) is 4.54. The Morgan fingerprint density at radius 2 is 1.44 bits per heavy atom. The number of ether oxygens (including phenoxy) is 1.